The Labute approximate surface area is 195 Å². The van der Waals surface area contributed by atoms with Gasteiger partial charge in [0.1, 0.15) is 24.0 Å². The normalized spacial score (nSPS) is 11.0. The number of carbonyl (C=O) groups is 1. The summed E-state index contributed by atoms with van der Waals surface area (Å²) in [4.78, 5) is 12.8. The van der Waals surface area contributed by atoms with Gasteiger partial charge in [-0.25, -0.2) is 0 Å². The molecule has 31 heavy (non-hydrogen) atoms. The number of carbonyl (C=O) groups excluding carboxylic acids is 1. The van der Waals surface area contributed by atoms with E-state index in [0.29, 0.717) is 22.0 Å². The van der Waals surface area contributed by atoms with Gasteiger partial charge in [-0.1, -0.05) is 57.9 Å². The van der Waals surface area contributed by atoms with Crippen LogP contribution in [0.15, 0.2) is 70.7 Å². The molecular formula is C25H20BrClN2O2. The Morgan fingerprint density at radius 2 is 1.94 bits per heavy atom. The van der Waals surface area contributed by atoms with Crippen LogP contribution in [0.3, 0.4) is 0 Å². The van der Waals surface area contributed by atoms with Crippen molar-refractivity contribution in [1.82, 2.24) is 0 Å². The average molecular weight is 496 g/mol. The fraction of sp³-hybridized carbons (Fsp3) is 0.120. The number of nitriles is 1. The molecule has 0 radical (unpaired) electrons. The molecule has 3 aromatic rings. The third-order valence-electron chi connectivity index (χ3n) is 4.62. The first-order chi connectivity index (χ1) is 14.9. The molecule has 0 bridgehead atoms. The molecule has 6 heteroatoms. The summed E-state index contributed by atoms with van der Waals surface area (Å²) in [5.74, 6) is 0.0589. The van der Waals surface area contributed by atoms with E-state index in [1.165, 1.54) is 6.08 Å². The molecule has 3 aromatic carbocycles. The number of aryl methyl sites for hydroxylation is 2. The van der Waals surface area contributed by atoms with Gasteiger partial charge in [0.2, 0.25) is 0 Å². The zero-order valence-corrected chi connectivity index (χ0v) is 19.4. The molecule has 0 saturated carbocycles. The van der Waals surface area contributed by atoms with Gasteiger partial charge < -0.3 is 10.1 Å². The molecule has 0 unspecified atom stereocenters. The Kier molecular flexibility index (Phi) is 7.51. The van der Waals surface area contributed by atoms with Crippen LogP contribution in [0.1, 0.15) is 22.3 Å². The van der Waals surface area contributed by atoms with E-state index in [2.05, 4.69) is 21.2 Å². The minimum atomic E-state index is -0.478. The summed E-state index contributed by atoms with van der Waals surface area (Å²) >= 11 is 9.64. The largest absolute Gasteiger partial charge is 0.488 e. The average Bonchev–Trinajstić information content (AvgIpc) is 2.75. The summed E-state index contributed by atoms with van der Waals surface area (Å²) in [5, 5.41) is 13.1. The van der Waals surface area contributed by atoms with Gasteiger partial charge in [0.15, 0.2) is 0 Å². The number of hydrogen-bond acceptors (Lipinski definition) is 3. The molecule has 0 aliphatic heterocycles. The Morgan fingerprint density at radius 1 is 1.16 bits per heavy atom. The molecule has 0 spiro atoms. The lowest BCUT2D eigenvalue weighted by Gasteiger charge is -2.12. The van der Waals surface area contributed by atoms with Gasteiger partial charge in [-0.15, -0.1) is 0 Å². The van der Waals surface area contributed by atoms with Gasteiger partial charge in [0.25, 0.3) is 5.91 Å². The summed E-state index contributed by atoms with van der Waals surface area (Å²) in [6.45, 7) is 4.11. The van der Waals surface area contributed by atoms with E-state index in [1.807, 2.05) is 62.4 Å². The number of amides is 1. The van der Waals surface area contributed by atoms with Crippen molar-refractivity contribution in [2.45, 2.75) is 20.5 Å². The molecule has 0 fully saturated rings. The molecular weight excluding hydrogens is 476 g/mol. The van der Waals surface area contributed by atoms with Crippen molar-refractivity contribution in [2.24, 2.45) is 0 Å². The quantitative estimate of drug-likeness (QED) is 0.301. The molecule has 3 rings (SSSR count). The molecule has 0 aromatic heterocycles. The van der Waals surface area contributed by atoms with Gasteiger partial charge in [-0.2, -0.15) is 5.26 Å². The number of rotatable bonds is 6. The third kappa shape index (κ3) is 5.97. The first-order valence-corrected chi connectivity index (χ1v) is 10.7. The predicted octanol–water partition coefficient (Wildman–Crippen LogP) is 6.84. The lowest BCUT2D eigenvalue weighted by atomic mass is 10.1. The Hall–Kier alpha value is -3.07. The van der Waals surface area contributed by atoms with Crippen molar-refractivity contribution in [2.75, 3.05) is 5.32 Å². The summed E-state index contributed by atoms with van der Waals surface area (Å²) in [6.07, 6.45) is 1.52. The molecule has 0 aliphatic carbocycles. The standard InChI is InChI=1S/C25H20BrClN2O2/c1-16-7-8-17(2)23(11-16)29-25(30)20(14-28)12-19-13-21(26)9-10-24(19)31-15-18-5-3-4-6-22(18)27/h3-13H,15H2,1-2H3,(H,29,30)/b20-12+. The fourth-order valence-electron chi connectivity index (χ4n) is 2.90. The van der Waals surface area contributed by atoms with Gasteiger partial charge in [0, 0.05) is 26.3 Å². The zero-order chi connectivity index (χ0) is 22.4. The van der Waals surface area contributed by atoms with Crippen LogP contribution in [0.25, 0.3) is 6.08 Å². The minimum Gasteiger partial charge on any atom is -0.488 e. The number of anilines is 1. The molecule has 0 heterocycles. The smallest absolute Gasteiger partial charge is 0.266 e. The maximum Gasteiger partial charge on any atom is 0.266 e. The van der Waals surface area contributed by atoms with Crippen LogP contribution in [0, 0.1) is 25.2 Å². The highest BCUT2D eigenvalue weighted by atomic mass is 79.9. The van der Waals surface area contributed by atoms with Crippen molar-refractivity contribution in [3.63, 3.8) is 0 Å². The Morgan fingerprint density at radius 3 is 2.68 bits per heavy atom. The second-order valence-corrected chi connectivity index (χ2v) is 8.33. The summed E-state index contributed by atoms with van der Waals surface area (Å²) in [7, 11) is 0. The number of nitrogens with one attached hydrogen (secondary N) is 1. The molecule has 4 nitrogen and oxygen atoms in total. The van der Waals surface area contributed by atoms with E-state index in [-0.39, 0.29) is 12.2 Å². The maximum absolute atomic E-state index is 12.8. The van der Waals surface area contributed by atoms with Crippen LogP contribution in [0.2, 0.25) is 5.02 Å². The van der Waals surface area contributed by atoms with E-state index in [1.54, 1.807) is 18.2 Å². The van der Waals surface area contributed by atoms with Crippen LogP contribution in [0.4, 0.5) is 5.69 Å². The zero-order valence-electron chi connectivity index (χ0n) is 17.1. The number of halogens is 2. The number of benzene rings is 3. The van der Waals surface area contributed by atoms with E-state index in [0.717, 1.165) is 21.2 Å². The van der Waals surface area contributed by atoms with Gasteiger partial charge >= 0.3 is 0 Å². The van der Waals surface area contributed by atoms with Crippen LogP contribution in [0.5, 0.6) is 5.75 Å². The monoisotopic (exact) mass is 494 g/mol. The summed E-state index contributed by atoms with van der Waals surface area (Å²) in [6, 6.07) is 20.6. The van der Waals surface area contributed by atoms with Crippen molar-refractivity contribution in [3.05, 3.63) is 98.0 Å². The van der Waals surface area contributed by atoms with Crippen molar-refractivity contribution in [1.29, 1.82) is 5.26 Å². The van der Waals surface area contributed by atoms with Gasteiger partial charge in [-0.3, -0.25) is 4.79 Å². The minimum absolute atomic E-state index is 0.0263. The molecule has 1 amide bonds. The summed E-state index contributed by atoms with van der Waals surface area (Å²) in [5.41, 5.74) is 4.04. The summed E-state index contributed by atoms with van der Waals surface area (Å²) < 4.78 is 6.75. The molecule has 0 aliphatic rings. The van der Waals surface area contributed by atoms with Crippen LogP contribution in [-0.2, 0) is 11.4 Å². The topological polar surface area (TPSA) is 62.1 Å². The van der Waals surface area contributed by atoms with E-state index in [9.17, 15) is 10.1 Å². The molecule has 0 atom stereocenters. The second kappa shape index (κ2) is 10.3. The second-order valence-electron chi connectivity index (χ2n) is 7.00. The highest BCUT2D eigenvalue weighted by Crippen LogP contribution is 2.28. The number of nitrogens with zero attached hydrogens (tertiary/aromatic N) is 1. The molecule has 0 saturated heterocycles. The number of ether oxygens (including phenoxy) is 1. The maximum atomic E-state index is 12.8. The van der Waals surface area contributed by atoms with Crippen LogP contribution < -0.4 is 10.1 Å². The first kappa shape index (κ1) is 22.6. The Bertz CT molecular complexity index is 1200. The van der Waals surface area contributed by atoms with Gasteiger partial charge in [-0.05, 0) is 61.4 Å². The lowest BCUT2D eigenvalue weighted by molar-refractivity contribution is -0.112. The van der Waals surface area contributed by atoms with Crippen LogP contribution in [-0.4, -0.2) is 5.91 Å². The van der Waals surface area contributed by atoms with Crippen molar-refractivity contribution < 1.29 is 9.53 Å². The molecule has 1 N–H and O–H groups in total. The van der Waals surface area contributed by atoms with Crippen LogP contribution >= 0.6 is 27.5 Å². The van der Waals surface area contributed by atoms with E-state index >= 15 is 0 Å². The lowest BCUT2D eigenvalue weighted by Crippen LogP contribution is -2.14. The highest BCUT2D eigenvalue weighted by molar-refractivity contribution is 9.10. The Balaban J connectivity index is 1.86. The number of hydrogen-bond donors (Lipinski definition) is 1. The van der Waals surface area contributed by atoms with E-state index < -0.39 is 5.91 Å². The predicted molar refractivity (Wildman–Crippen MR) is 128 cm³/mol. The highest BCUT2D eigenvalue weighted by Gasteiger charge is 2.13. The first-order valence-electron chi connectivity index (χ1n) is 9.53. The third-order valence-corrected chi connectivity index (χ3v) is 5.48. The van der Waals surface area contributed by atoms with E-state index in [4.69, 9.17) is 16.3 Å². The van der Waals surface area contributed by atoms with Crippen molar-refractivity contribution in [3.8, 4) is 11.8 Å². The van der Waals surface area contributed by atoms with Crippen molar-refractivity contribution >= 4 is 45.2 Å². The SMILES string of the molecule is Cc1ccc(C)c(NC(=O)/C(C#N)=C/c2cc(Br)ccc2OCc2ccccc2Cl)c1. The fourth-order valence-corrected chi connectivity index (χ4v) is 3.47. The van der Waals surface area contributed by atoms with Gasteiger partial charge in [0.05, 0.1) is 0 Å². The molecule has 156 valence electrons.